The summed E-state index contributed by atoms with van der Waals surface area (Å²) in [6.07, 6.45) is 5.08. The molecule has 0 bridgehead atoms. The first-order valence-corrected chi connectivity index (χ1v) is 3.36. The lowest BCUT2D eigenvalue weighted by molar-refractivity contribution is 0.615. The molecule has 0 radical (unpaired) electrons. The third kappa shape index (κ3) is 0.835. The number of fused-ring (bicyclic) bond motifs is 1. The Hall–Kier alpha value is -1.57. The largest absolute Gasteiger partial charge is 0.464 e. The molecule has 2 aromatic heterocycles. The Bertz CT molecular complexity index is 389. The number of pyridine rings is 1. The van der Waals surface area contributed by atoms with E-state index in [0.29, 0.717) is 0 Å². The highest BCUT2D eigenvalue weighted by atomic mass is 16.3. The van der Waals surface area contributed by atoms with Crippen LogP contribution in [0.5, 0.6) is 0 Å². The molecule has 0 aliphatic heterocycles. The smallest absolute Gasteiger partial charge is 0.137 e. The van der Waals surface area contributed by atoms with Crippen LogP contribution in [0.4, 0.5) is 0 Å². The van der Waals surface area contributed by atoms with E-state index in [1.54, 1.807) is 18.5 Å². The molecule has 0 saturated heterocycles. The van der Waals surface area contributed by atoms with E-state index in [0.717, 1.165) is 16.7 Å². The van der Waals surface area contributed by atoms with Crippen molar-refractivity contribution in [3.8, 4) is 0 Å². The molecule has 0 unspecified atom stereocenters. The van der Waals surface area contributed by atoms with Crippen LogP contribution in [-0.2, 0) is 0 Å². The van der Waals surface area contributed by atoms with Crippen LogP contribution in [0.1, 0.15) is 5.69 Å². The number of nitrogens with zero attached hydrogens (tertiary/aromatic N) is 1. The van der Waals surface area contributed by atoms with Crippen LogP contribution in [-0.4, -0.2) is 4.98 Å². The average molecular weight is 145 g/mol. The Morgan fingerprint density at radius 1 is 1.45 bits per heavy atom. The molecule has 0 aliphatic carbocycles. The lowest BCUT2D eigenvalue weighted by Gasteiger charge is -1.91. The van der Waals surface area contributed by atoms with Gasteiger partial charge in [-0.05, 0) is 18.2 Å². The van der Waals surface area contributed by atoms with Crippen LogP contribution in [0.3, 0.4) is 0 Å². The summed E-state index contributed by atoms with van der Waals surface area (Å²) >= 11 is 0. The van der Waals surface area contributed by atoms with Gasteiger partial charge in [0.25, 0.3) is 0 Å². The van der Waals surface area contributed by atoms with Gasteiger partial charge in [0.15, 0.2) is 0 Å². The highest BCUT2D eigenvalue weighted by molar-refractivity contribution is 5.84. The van der Waals surface area contributed by atoms with Gasteiger partial charge in [-0.15, -0.1) is 0 Å². The first-order chi connectivity index (χ1) is 5.42. The normalized spacial score (nSPS) is 10.2. The first-order valence-electron chi connectivity index (χ1n) is 3.36. The van der Waals surface area contributed by atoms with Gasteiger partial charge in [0, 0.05) is 11.6 Å². The second-order valence-corrected chi connectivity index (χ2v) is 2.23. The van der Waals surface area contributed by atoms with Crippen LogP contribution in [0.25, 0.3) is 17.0 Å². The fraction of sp³-hybridized carbons (Fsp3) is 0. The van der Waals surface area contributed by atoms with Crippen LogP contribution in [0.15, 0.2) is 35.6 Å². The molecule has 54 valence electrons. The summed E-state index contributed by atoms with van der Waals surface area (Å²) in [6, 6.07) is 3.72. The van der Waals surface area contributed by atoms with Crippen molar-refractivity contribution in [3.63, 3.8) is 0 Å². The molecule has 0 atom stereocenters. The second-order valence-electron chi connectivity index (χ2n) is 2.23. The van der Waals surface area contributed by atoms with E-state index in [4.69, 9.17) is 4.42 Å². The summed E-state index contributed by atoms with van der Waals surface area (Å²) in [5.74, 6) is 0. The zero-order valence-corrected chi connectivity index (χ0v) is 5.95. The van der Waals surface area contributed by atoms with Crippen molar-refractivity contribution in [1.29, 1.82) is 0 Å². The molecule has 2 nitrogen and oxygen atoms in total. The van der Waals surface area contributed by atoms with Crippen molar-refractivity contribution < 1.29 is 4.42 Å². The summed E-state index contributed by atoms with van der Waals surface area (Å²) in [4.78, 5) is 4.12. The molecule has 2 rings (SSSR count). The predicted molar refractivity (Wildman–Crippen MR) is 44.1 cm³/mol. The number of rotatable bonds is 1. The molecular weight excluding hydrogens is 138 g/mol. The van der Waals surface area contributed by atoms with E-state index < -0.39 is 0 Å². The second kappa shape index (κ2) is 2.23. The molecular formula is C9H7NO. The third-order valence-electron chi connectivity index (χ3n) is 1.60. The van der Waals surface area contributed by atoms with Crippen LogP contribution < -0.4 is 0 Å². The van der Waals surface area contributed by atoms with Crippen LogP contribution in [0, 0.1) is 0 Å². The molecule has 2 heterocycles. The van der Waals surface area contributed by atoms with Gasteiger partial charge >= 0.3 is 0 Å². The van der Waals surface area contributed by atoms with E-state index in [1.165, 1.54) is 0 Å². The van der Waals surface area contributed by atoms with E-state index >= 15 is 0 Å². The molecule has 0 fully saturated rings. The maximum atomic E-state index is 5.17. The molecule has 0 spiro atoms. The summed E-state index contributed by atoms with van der Waals surface area (Å²) in [6.45, 7) is 3.66. The third-order valence-corrected chi connectivity index (χ3v) is 1.60. The van der Waals surface area contributed by atoms with E-state index in [1.807, 2.05) is 12.1 Å². The Balaban J connectivity index is 2.88. The van der Waals surface area contributed by atoms with Crippen molar-refractivity contribution in [1.82, 2.24) is 4.98 Å². The Morgan fingerprint density at radius 3 is 3.18 bits per heavy atom. The summed E-state index contributed by atoms with van der Waals surface area (Å²) in [5, 5.41) is 1.02. The maximum Gasteiger partial charge on any atom is 0.137 e. The van der Waals surface area contributed by atoms with E-state index in [2.05, 4.69) is 11.6 Å². The van der Waals surface area contributed by atoms with Crippen molar-refractivity contribution in [2.45, 2.75) is 0 Å². The number of hydrogen-bond donors (Lipinski definition) is 0. The van der Waals surface area contributed by atoms with Crippen molar-refractivity contribution >= 4 is 17.0 Å². The zero-order valence-electron chi connectivity index (χ0n) is 5.95. The lowest BCUT2D eigenvalue weighted by atomic mass is 10.2. The van der Waals surface area contributed by atoms with Crippen LogP contribution >= 0.6 is 0 Å². The number of furan rings is 1. The molecule has 0 aromatic carbocycles. The van der Waals surface area contributed by atoms with Crippen molar-refractivity contribution in [3.05, 3.63) is 36.9 Å². The fourth-order valence-electron chi connectivity index (χ4n) is 1.08. The van der Waals surface area contributed by atoms with E-state index in [9.17, 15) is 0 Å². The molecule has 2 aromatic rings. The molecule has 0 N–H and O–H groups in total. The first kappa shape index (κ1) is 6.16. The predicted octanol–water partition coefficient (Wildman–Crippen LogP) is 2.47. The topological polar surface area (TPSA) is 26.0 Å². The number of aromatic nitrogens is 1. The molecule has 0 amide bonds. The summed E-state index contributed by atoms with van der Waals surface area (Å²) < 4.78 is 5.17. The minimum Gasteiger partial charge on any atom is -0.464 e. The summed E-state index contributed by atoms with van der Waals surface area (Å²) in [5.41, 5.74) is 1.73. The maximum absolute atomic E-state index is 5.17. The monoisotopic (exact) mass is 145 g/mol. The highest BCUT2D eigenvalue weighted by Gasteiger charge is 1.99. The minimum absolute atomic E-state index is 0.856. The average Bonchev–Trinajstić information content (AvgIpc) is 2.50. The SMILES string of the molecule is C=Cc1nccc2occc12. The summed E-state index contributed by atoms with van der Waals surface area (Å²) in [7, 11) is 0. The lowest BCUT2D eigenvalue weighted by Crippen LogP contribution is -1.77. The number of hydrogen-bond acceptors (Lipinski definition) is 2. The minimum atomic E-state index is 0.856. The van der Waals surface area contributed by atoms with Gasteiger partial charge in [0.05, 0.1) is 12.0 Å². The van der Waals surface area contributed by atoms with Gasteiger partial charge < -0.3 is 4.42 Å². The standard InChI is InChI=1S/C9H7NO/c1-2-8-7-4-6-11-9(7)3-5-10-8/h2-6H,1H2. The zero-order chi connectivity index (χ0) is 7.68. The Morgan fingerprint density at radius 2 is 2.36 bits per heavy atom. The van der Waals surface area contributed by atoms with Gasteiger partial charge in [0.1, 0.15) is 5.58 Å². The van der Waals surface area contributed by atoms with Gasteiger partial charge in [-0.2, -0.15) is 0 Å². The van der Waals surface area contributed by atoms with Crippen molar-refractivity contribution in [2.24, 2.45) is 0 Å². The molecule has 0 aliphatic rings. The Kier molecular flexibility index (Phi) is 1.25. The van der Waals surface area contributed by atoms with Crippen LogP contribution in [0.2, 0.25) is 0 Å². The Labute approximate surface area is 64.2 Å². The molecule has 0 saturated carbocycles. The van der Waals surface area contributed by atoms with E-state index in [-0.39, 0.29) is 0 Å². The fourth-order valence-corrected chi connectivity index (χ4v) is 1.08. The quantitative estimate of drug-likeness (QED) is 0.616. The van der Waals surface area contributed by atoms with Crippen molar-refractivity contribution in [2.75, 3.05) is 0 Å². The molecule has 2 heteroatoms. The highest BCUT2D eigenvalue weighted by Crippen LogP contribution is 2.17. The van der Waals surface area contributed by atoms with Gasteiger partial charge in [-0.25, -0.2) is 0 Å². The van der Waals surface area contributed by atoms with Gasteiger partial charge in [-0.1, -0.05) is 6.58 Å². The van der Waals surface area contributed by atoms with Gasteiger partial charge in [0.2, 0.25) is 0 Å². The molecule has 11 heavy (non-hydrogen) atoms. The van der Waals surface area contributed by atoms with Gasteiger partial charge in [-0.3, -0.25) is 4.98 Å².